The Morgan fingerprint density at radius 2 is 1.85 bits per heavy atom. The Morgan fingerprint density at radius 3 is 2.55 bits per heavy atom. The summed E-state index contributed by atoms with van der Waals surface area (Å²) >= 11 is 6.16. The monoisotopic (exact) mass is 489 g/mol. The molecule has 174 valence electrons. The molecule has 0 amide bonds. The van der Waals surface area contributed by atoms with Gasteiger partial charge in [0, 0.05) is 18.7 Å². The van der Waals surface area contributed by atoms with Crippen LogP contribution in [0.1, 0.15) is 48.0 Å². The van der Waals surface area contributed by atoms with Crippen molar-refractivity contribution in [3.05, 3.63) is 64.5 Å². The molecule has 1 aromatic heterocycles. The second-order valence-corrected chi connectivity index (χ2v) is 10.1. The maximum absolute atomic E-state index is 12.9. The summed E-state index contributed by atoms with van der Waals surface area (Å²) in [5, 5.41) is 4.02. The van der Waals surface area contributed by atoms with Crippen LogP contribution in [0.2, 0.25) is 5.02 Å². The normalized spacial score (nSPS) is 14.8. The van der Waals surface area contributed by atoms with Crippen LogP contribution >= 0.6 is 11.6 Å². The first-order valence-electron chi connectivity index (χ1n) is 10.8. The second-order valence-electron chi connectivity index (χ2n) is 7.74. The van der Waals surface area contributed by atoms with Gasteiger partial charge in [0.1, 0.15) is 0 Å². The van der Waals surface area contributed by atoms with E-state index in [9.17, 15) is 13.2 Å². The minimum Gasteiger partial charge on any atom is -0.452 e. The van der Waals surface area contributed by atoms with Gasteiger partial charge in [0.25, 0.3) is 5.89 Å². The lowest BCUT2D eigenvalue weighted by atomic mass is 10.1. The van der Waals surface area contributed by atoms with E-state index in [1.807, 2.05) is 24.3 Å². The fourth-order valence-corrected chi connectivity index (χ4v) is 5.34. The molecule has 0 atom stereocenters. The Morgan fingerprint density at radius 1 is 1.12 bits per heavy atom. The van der Waals surface area contributed by atoms with Crippen molar-refractivity contribution in [2.45, 2.75) is 44.1 Å². The van der Waals surface area contributed by atoms with Crippen LogP contribution in [0.5, 0.6) is 0 Å². The Bertz CT molecular complexity index is 1240. The molecule has 0 spiro atoms. The van der Waals surface area contributed by atoms with Crippen molar-refractivity contribution in [3.63, 3.8) is 0 Å². The third-order valence-corrected chi connectivity index (χ3v) is 7.75. The average molecular weight is 490 g/mol. The summed E-state index contributed by atoms with van der Waals surface area (Å²) in [6.45, 7) is 2.73. The number of benzene rings is 2. The van der Waals surface area contributed by atoms with E-state index in [2.05, 4.69) is 17.1 Å². The molecule has 0 unspecified atom stereocenters. The molecule has 1 aliphatic heterocycles. The predicted molar refractivity (Wildman–Crippen MR) is 122 cm³/mol. The number of carbonyl (C=O) groups excluding carboxylic acids is 1. The predicted octanol–water partition coefficient (Wildman–Crippen LogP) is 4.48. The van der Waals surface area contributed by atoms with Crippen molar-refractivity contribution in [2.75, 3.05) is 13.1 Å². The number of hydrogen-bond donors (Lipinski definition) is 0. The minimum atomic E-state index is -3.71. The molecule has 8 nitrogen and oxygen atoms in total. The Labute approximate surface area is 197 Å². The molecule has 1 saturated heterocycles. The van der Waals surface area contributed by atoms with Gasteiger partial charge < -0.3 is 9.26 Å². The first kappa shape index (κ1) is 23.4. The number of rotatable bonds is 7. The summed E-state index contributed by atoms with van der Waals surface area (Å²) in [5.74, 6) is -0.273. The third-order valence-electron chi connectivity index (χ3n) is 5.53. The van der Waals surface area contributed by atoms with Gasteiger partial charge in [0.15, 0.2) is 6.61 Å². The smallest absolute Gasteiger partial charge is 0.340 e. The molecule has 1 aliphatic rings. The highest BCUT2D eigenvalue weighted by Gasteiger charge is 2.27. The van der Waals surface area contributed by atoms with Crippen molar-refractivity contribution in [1.29, 1.82) is 0 Å². The second kappa shape index (κ2) is 10.0. The van der Waals surface area contributed by atoms with Gasteiger partial charge in [0.05, 0.1) is 15.5 Å². The first-order valence-corrected chi connectivity index (χ1v) is 12.6. The van der Waals surface area contributed by atoms with E-state index < -0.39 is 16.0 Å². The molecule has 10 heteroatoms. The molecule has 0 bridgehead atoms. The molecule has 0 radical (unpaired) electrons. The van der Waals surface area contributed by atoms with Gasteiger partial charge in [-0.2, -0.15) is 9.29 Å². The van der Waals surface area contributed by atoms with Crippen LogP contribution in [0.15, 0.2) is 51.9 Å². The number of ether oxygens (including phenoxy) is 1. The van der Waals surface area contributed by atoms with Gasteiger partial charge >= 0.3 is 5.97 Å². The van der Waals surface area contributed by atoms with E-state index in [-0.39, 0.29) is 28.0 Å². The molecular formula is C23H24ClN3O5S. The summed E-state index contributed by atoms with van der Waals surface area (Å²) in [6, 6.07) is 11.8. The molecule has 3 aromatic rings. The number of hydrogen-bond acceptors (Lipinski definition) is 7. The topological polar surface area (TPSA) is 103 Å². The molecule has 4 rings (SSSR count). The molecule has 2 aromatic carbocycles. The summed E-state index contributed by atoms with van der Waals surface area (Å²) in [5.41, 5.74) is 1.94. The first-order chi connectivity index (χ1) is 15.9. The highest BCUT2D eigenvalue weighted by atomic mass is 35.5. The molecular weight excluding hydrogens is 466 g/mol. The van der Waals surface area contributed by atoms with E-state index in [1.54, 1.807) is 0 Å². The fourth-order valence-electron chi connectivity index (χ4n) is 3.60. The zero-order valence-corrected chi connectivity index (χ0v) is 19.7. The number of esters is 1. The van der Waals surface area contributed by atoms with Crippen molar-refractivity contribution >= 4 is 27.6 Å². The van der Waals surface area contributed by atoms with E-state index in [0.717, 1.165) is 31.2 Å². The zero-order chi connectivity index (χ0) is 23.4. The van der Waals surface area contributed by atoms with Crippen LogP contribution in [0.4, 0.5) is 0 Å². The molecule has 1 fully saturated rings. The maximum Gasteiger partial charge on any atom is 0.340 e. The number of nitrogens with zero attached hydrogens (tertiary/aromatic N) is 3. The molecule has 33 heavy (non-hydrogen) atoms. The highest BCUT2D eigenvalue weighted by Crippen LogP contribution is 2.26. The van der Waals surface area contributed by atoms with Crippen LogP contribution in [0.3, 0.4) is 0 Å². The van der Waals surface area contributed by atoms with Gasteiger partial charge in [-0.25, -0.2) is 13.2 Å². The zero-order valence-electron chi connectivity index (χ0n) is 18.2. The molecule has 0 aliphatic carbocycles. The lowest BCUT2D eigenvalue weighted by Gasteiger charge is -2.26. The number of aromatic nitrogens is 2. The standard InChI is InChI=1S/C23H24ClN3O5S/c1-2-16-6-8-17(9-7-16)22-25-21(32-26-22)15-31-23(28)19-14-18(10-11-20(19)24)33(29,30)27-12-4-3-5-13-27/h6-11,14H,2-5,12-13,15H2,1H3. The number of carbonyl (C=O) groups is 1. The largest absolute Gasteiger partial charge is 0.452 e. The Balaban J connectivity index is 1.45. The van der Waals surface area contributed by atoms with Crippen molar-refractivity contribution in [2.24, 2.45) is 0 Å². The minimum absolute atomic E-state index is 0.0105. The number of sulfonamides is 1. The summed E-state index contributed by atoms with van der Waals surface area (Å²) < 4.78 is 37.7. The quantitative estimate of drug-likeness (QED) is 0.450. The van der Waals surface area contributed by atoms with Crippen LogP contribution in [0.25, 0.3) is 11.4 Å². The number of halogens is 1. The lowest BCUT2D eigenvalue weighted by Crippen LogP contribution is -2.35. The van der Waals surface area contributed by atoms with Gasteiger partial charge in [-0.15, -0.1) is 0 Å². The number of aryl methyl sites for hydroxylation is 1. The maximum atomic E-state index is 12.9. The highest BCUT2D eigenvalue weighted by molar-refractivity contribution is 7.89. The number of piperidine rings is 1. The van der Waals surface area contributed by atoms with E-state index in [0.29, 0.717) is 18.9 Å². The Hall–Kier alpha value is -2.75. The molecule has 0 N–H and O–H groups in total. The van der Waals surface area contributed by atoms with Crippen LogP contribution in [-0.2, 0) is 27.8 Å². The summed E-state index contributed by atoms with van der Waals surface area (Å²) in [7, 11) is -3.71. The lowest BCUT2D eigenvalue weighted by molar-refractivity contribution is 0.0429. The average Bonchev–Trinajstić information content (AvgIpc) is 3.32. The van der Waals surface area contributed by atoms with Gasteiger partial charge in [0.2, 0.25) is 15.8 Å². The van der Waals surface area contributed by atoms with Gasteiger partial charge in [-0.1, -0.05) is 54.4 Å². The molecule has 0 saturated carbocycles. The third kappa shape index (κ3) is 5.26. The molecule has 2 heterocycles. The van der Waals surface area contributed by atoms with Gasteiger partial charge in [-0.05, 0) is 43.0 Å². The van der Waals surface area contributed by atoms with E-state index >= 15 is 0 Å². The van der Waals surface area contributed by atoms with E-state index in [1.165, 1.54) is 28.1 Å². The SMILES string of the molecule is CCc1ccc(-c2noc(COC(=O)c3cc(S(=O)(=O)N4CCCCC4)ccc3Cl)n2)cc1. The van der Waals surface area contributed by atoms with Crippen molar-refractivity contribution < 1.29 is 22.5 Å². The van der Waals surface area contributed by atoms with Crippen molar-refractivity contribution in [3.8, 4) is 11.4 Å². The Kier molecular flexibility index (Phi) is 7.11. The van der Waals surface area contributed by atoms with E-state index in [4.69, 9.17) is 20.9 Å². The van der Waals surface area contributed by atoms with Crippen molar-refractivity contribution in [1.82, 2.24) is 14.4 Å². The van der Waals surface area contributed by atoms with Crippen LogP contribution in [0, 0.1) is 0 Å². The van der Waals surface area contributed by atoms with Crippen LogP contribution in [-0.4, -0.2) is 41.9 Å². The fraction of sp³-hybridized carbons (Fsp3) is 0.348. The summed E-state index contributed by atoms with van der Waals surface area (Å²) in [4.78, 5) is 16.9. The van der Waals surface area contributed by atoms with Gasteiger partial charge in [-0.3, -0.25) is 0 Å². The van der Waals surface area contributed by atoms with Crippen LogP contribution < -0.4 is 0 Å². The summed E-state index contributed by atoms with van der Waals surface area (Å²) in [6.07, 6.45) is 3.57.